The van der Waals surface area contributed by atoms with Gasteiger partial charge in [0.05, 0.1) is 11.1 Å². The first-order valence-electron chi connectivity index (χ1n) is 12.1. The molecule has 0 aliphatic rings. The van der Waals surface area contributed by atoms with E-state index in [1.54, 1.807) is 34.6 Å². The third-order valence-electron chi connectivity index (χ3n) is 6.81. The van der Waals surface area contributed by atoms with Crippen molar-refractivity contribution in [1.82, 2.24) is 0 Å². The molecular weight excluding hydrogens is 487 g/mol. The summed E-state index contributed by atoms with van der Waals surface area (Å²) in [4.78, 5) is 26.1. The highest BCUT2D eigenvalue weighted by Crippen LogP contribution is 2.37. The Hall–Kier alpha value is -3.97. The Morgan fingerprint density at radius 1 is 0.816 bits per heavy atom. The lowest BCUT2D eigenvalue weighted by molar-refractivity contribution is -0.0126. The van der Waals surface area contributed by atoms with Gasteiger partial charge in [-0.05, 0) is 74.9 Å². The first kappa shape index (κ1) is 28.6. The van der Waals surface area contributed by atoms with Crippen LogP contribution in [0.25, 0.3) is 6.08 Å². The van der Waals surface area contributed by atoms with Crippen LogP contribution in [0, 0.1) is 47.4 Å². The van der Waals surface area contributed by atoms with Gasteiger partial charge in [-0.2, -0.15) is 0 Å². The van der Waals surface area contributed by atoms with Gasteiger partial charge in [-0.25, -0.2) is 14.0 Å². The van der Waals surface area contributed by atoms with E-state index < -0.39 is 17.8 Å². The van der Waals surface area contributed by atoms with Gasteiger partial charge in [-0.3, -0.25) is 0 Å². The summed E-state index contributed by atoms with van der Waals surface area (Å²) < 4.78 is 37.2. The van der Waals surface area contributed by atoms with E-state index >= 15 is 4.39 Å². The molecule has 0 spiro atoms. The predicted molar refractivity (Wildman–Crippen MR) is 144 cm³/mol. The van der Waals surface area contributed by atoms with Crippen molar-refractivity contribution >= 4 is 18.0 Å². The maximum atomic E-state index is 15.5. The fraction of sp³-hybridized carbons (Fsp3) is 0.290. The van der Waals surface area contributed by atoms with Gasteiger partial charge >= 0.3 is 11.9 Å². The third-order valence-corrected chi connectivity index (χ3v) is 6.81. The van der Waals surface area contributed by atoms with Crippen molar-refractivity contribution in [2.24, 2.45) is 0 Å². The fourth-order valence-electron chi connectivity index (χ4n) is 4.44. The first-order valence-corrected chi connectivity index (χ1v) is 12.1. The summed E-state index contributed by atoms with van der Waals surface area (Å²) in [7, 11) is 1.43. The maximum Gasteiger partial charge on any atom is 0.344 e. The van der Waals surface area contributed by atoms with E-state index in [9.17, 15) is 9.59 Å². The number of ether oxygens (including phenoxy) is 4. The number of esters is 2. The van der Waals surface area contributed by atoms with Crippen LogP contribution in [0.2, 0.25) is 0 Å². The van der Waals surface area contributed by atoms with Crippen molar-refractivity contribution in [3.8, 4) is 11.5 Å². The van der Waals surface area contributed by atoms with Crippen LogP contribution >= 0.6 is 0 Å². The average Bonchev–Trinajstić information content (AvgIpc) is 2.91. The second kappa shape index (κ2) is 12.0. The van der Waals surface area contributed by atoms with Crippen molar-refractivity contribution in [2.75, 3.05) is 13.9 Å². The number of benzene rings is 3. The average molecular weight is 521 g/mol. The quantitative estimate of drug-likeness (QED) is 0.174. The van der Waals surface area contributed by atoms with Crippen LogP contribution in [0.3, 0.4) is 0 Å². The normalized spacial score (nSPS) is 10.7. The van der Waals surface area contributed by atoms with Gasteiger partial charge in [-0.1, -0.05) is 43.0 Å². The molecule has 0 amide bonds. The van der Waals surface area contributed by atoms with E-state index in [4.69, 9.17) is 18.9 Å². The lowest BCUT2D eigenvalue weighted by Gasteiger charge is -2.21. The van der Waals surface area contributed by atoms with E-state index in [0.29, 0.717) is 44.7 Å². The third kappa shape index (κ3) is 5.48. The number of carbonyl (C=O) groups is 2. The molecule has 3 aromatic carbocycles. The van der Waals surface area contributed by atoms with Crippen LogP contribution < -0.4 is 9.47 Å². The number of rotatable bonds is 9. The summed E-state index contributed by atoms with van der Waals surface area (Å²) in [5, 5.41) is 0. The Bertz CT molecular complexity index is 1360. The topological polar surface area (TPSA) is 71.1 Å². The van der Waals surface area contributed by atoms with Gasteiger partial charge in [-0.15, -0.1) is 0 Å². The highest BCUT2D eigenvalue weighted by Gasteiger charge is 2.28. The molecule has 3 rings (SSSR count). The van der Waals surface area contributed by atoms with Crippen molar-refractivity contribution in [3.05, 3.63) is 98.4 Å². The van der Waals surface area contributed by atoms with Crippen LogP contribution in [0.4, 0.5) is 4.39 Å². The van der Waals surface area contributed by atoms with Gasteiger partial charge in [0, 0.05) is 18.2 Å². The van der Waals surface area contributed by atoms with E-state index in [1.807, 2.05) is 30.3 Å². The molecular formula is C31H33FO6. The molecule has 0 aliphatic carbocycles. The minimum atomic E-state index is -0.728. The molecule has 0 unspecified atom stereocenters. The summed E-state index contributed by atoms with van der Waals surface area (Å²) in [6.07, 6.45) is 1.50. The summed E-state index contributed by atoms with van der Waals surface area (Å²) in [5.41, 5.74) is 4.76. The molecule has 0 aromatic heterocycles. The second-order valence-electron chi connectivity index (χ2n) is 9.09. The molecule has 6 nitrogen and oxygen atoms in total. The van der Waals surface area contributed by atoms with Crippen LogP contribution in [0.1, 0.15) is 65.2 Å². The fourth-order valence-corrected chi connectivity index (χ4v) is 4.44. The predicted octanol–water partition coefficient (Wildman–Crippen LogP) is 6.88. The molecule has 0 bridgehead atoms. The number of hydrogen-bond acceptors (Lipinski definition) is 6. The Balaban J connectivity index is 2.01. The van der Waals surface area contributed by atoms with Gasteiger partial charge < -0.3 is 18.9 Å². The van der Waals surface area contributed by atoms with Crippen LogP contribution in [0.15, 0.2) is 36.9 Å². The second-order valence-corrected chi connectivity index (χ2v) is 9.09. The molecule has 0 saturated carbocycles. The molecule has 0 heterocycles. The lowest BCUT2D eigenvalue weighted by Crippen LogP contribution is -2.18. The first-order chi connectivity index (χ1) is 18.0. The zero-order chi connectivity index (χ0) is 28.1. The zero-order valence-electron chi connectivity index (χ0n) is 22.9. The standard InChI is InChI=1S/C31H33FO6/c1-9-24-21(6)29(36-15-23-13-11-10-12-14-23)27(32)22(7)26(24)31(34)38-28-19(4)17(2)25(18(3)20(28)5)30(33)37-16-35-8/h9-14H,1,15-16H2,2-8H3. The van der Waals surface area contributed by atoms with Gasteiger partial charge in [0.25, 0.3) is 0 Å². The minimum absolute atomic E-state index is 0.0655. The number of carbonyl (C=O) groups excluding carboxylic acids is 2. The summed E-state index contributed by atoms with van der Waals surface area (Å²) in [6.45, 7) is 14.1. The van der Waals surface area contributed by atoms with Gasteiger partial charge in [0.2, 0.25) is 0 Å². The van der Waals surface area contributed by atoms with Crippen LogP contribution in [-0.2, 0) is 16.1 Å². The number of hydrogen-bond donors (Lipinski definition) is 0. The molecule has 7 heteroatoms. The Labute approximate surface area is 223 Å². The van der Waals surface area contributed by atoms with Gasteiger partial charge in [0.1, 0.15) is 12.4 Å². The molecule has 200 valence electrons. The van der Waals surface area contributed by atoms with E-state index in [0.717, 1.165) is 5.56 Å². The SMILES string of the molecule is C=Cc1c(C)c(OCc2ccccc2)c(F)c(C)c1C(=O)Oc1c(C)c(C)c(C(=O)OCOC)c(C)c1C. The summed E-state index contributed by atoms with van der Waals surface area (Å²) >= 11 is 0. The smallest absolute Gasteiger partial charge is 0.344 e. The largest absolute Gasteiger partial charge is 0.486 e. The van der Waals surface area contributed by atoms with E-state index in [-0.39, 0.29) is 30.3 Å². The van der Waals surface area contributed by atoms with Gasteiger partial charge in [0.15, 0.2) is 18.4 Å². The molecule has 0 N–H and O–H groups in total. The molecule has 0 atom stereocenters. The molecule has 0 aliphatic heterocycles. The molecule has 38 heavy (non-hydrogen) atoms. The Morgan fingerprint density at radius 2 is 1.42 bits per heavy atom. The minimum Gasteiger partial charge on any atom is -0.486 e. The zero-order valence-corrected chi connectivity index (χ0v) is 22.9. The summed E-state index contributed by atoms with van der Waals surface area (Å²) in [6, 6.07) is 9.42. The molecule has 3 aromatic rings. The van der Waals surface area contributed by atoms with E-state index in [1.165, 1.54) is 20.1 Å². The van der Waals surface area contributed by atoms with E-state index in [2.05, 4.69) is 6.58 Å². The van der Waals surface area contributed by atoms with Crippen molar-refractivity contribution in [2.45, 2.75) is 48.1 Å². The number of methoxy groups -OCH3 is 1. The van der Waals surface area contributed by atoms with Crippen LogP contribution in [0.5, 0.6) is 11.5 Å². The molecule has 0 fully saturated rings. The Kier molecular flexibility index (Phi) is 9.07. The number of halogens is 1. The Morgan fingerprint density at radius 3 is 1.97 bits per heavy atom. The maximum absolute atomic E-state index is 15.5. The van der Waals surface area contributed by atoms with Crippen molar-refractivity contribution < 1.29 is 32.9 Å². The molecule has 0 saturated heterocycles. The van der Waals surface area contributed by atoms with Crippen molar-refractivity contribution in [3.63, 3.8) is 0 Å². The van der Waals surface area contributed by atoms with Crippen molar-refractivity contribution in [1.29, 1.82) is 0 Å². The summed E-state index contributed by atoms with van der Waals surface area (Å²) in [5.74, 6) is -1.51. The highest BCUT2D eigenvalue weighted by molar-refractivity contribution is 5.99. The molecule has 0 radical (unpaired) electrons. The highest BCUT2D eigenvalue weighted by atomic mass is 19.1. The monoisotopic (exact) mass is 520 g/mol. The lowest BCUT2D eigenvalue weighted by atomic mass is 9.92. The van der Waals surface area contributed by atoms with Crippen LogP contribution in [-0.4, -0.2) is 25.8 Å².